The van der Waals surface area contributed by atoms with Crippen molar-refractivity contribution in [2.45, 2.75) is 6.42 Å². The molecule has 90 valence electrons. The Morgan fingerprint density at radius 2 is 2.12 bits per heavy atom. The summed E-state index contributed by atoms with van der Waals surface area (Å²) >= 11 is 0. The summed E-state index contributed by atoms with van der Waals surface area (Å²) in [5.74, 6) is 0.881. The Morgan fingerprint density at radius 1 is 1.29 bits per heavy atom. The van der Waals surface area contributed by atoms with Gasteiger partial charge in [-0.2, -0.15) is 0 Å². The topological polar surface area (TPSA) is 44.8 Å². The first-order valence-corrected chi connectivity index (χ1v) is 5.34. The van der Waals surface area contributed by atoms with Gasteiger partial charge in [-0.3, -0.25) is 0 Å². The molecule has 1 aromatic rings. The molecule has 0 saturated carbocycles. The average Bonchev–Trinajstić information content (AvgIpc) is 2.62. The molecular formula is C13H14O4. The molecule has 17 heavy (non-hydrogen) atoms. The maximum atomic E-state index is 11.6. The lowest BCUT2D eigenvalue weighted by atomic mass is 10.0. The average molecular weight is 234 g/mol. The van der Waals surface area contributed by atoms with Crippen molar-refractivity contribution in [2.24, 2.45) is 0 Å². The standard InChI is InChI=1S/C13H14O4/c1-15-11-7-6-10(13(14)16-2)12-9(11)5-3-4-8-17-12/h3-4,6-7H,5,8H2,1-2H3. The summed E-state index contributed by atoms with van der Waals surface area (Å²) in [4.78, 5) is 11.6. The van der Waals surface area contributed by atoms with Crippen molar-refractivity contribution in [3.63, 3.8) is 0 Å². The fourth-order valence-electron chi connectivity index (χ4n) is 1.83. The van der Waals surface area contributed by atoms with Gasteiger partial charge >= 0.3 is 5.97 Å². The van der Waals surface area contributed by atoms with Gasteiger partial charge in [-0.25, -0.2) is 4.79 Å². The molecule has 4 nitrogen and oxygen atoms in total. The molecule has 0 bridgehead atoms. The van der Waals surface area contributed by atoms with E-state index in [1.54, 1.807) is 19.2 Å². The zero-order valence-corrected chi connectivity index (χ0v) is 9.86. The normalized spacial score (nSPS) is 13.3. The van der Waals surface area contributed by atoms with E-state index in [0.717, 1.165) is 11.3 Å². The van der Waals surface area contributed by atoms with Crippen molar-refractivity contribution < 1.29 is 19.0 Å². The molecule has 0 radical (unpaired) electrons. The largest absolute Gasteiger partial charge is 0.496 e. The van der Waals surface area contributed by atoms with Gasteiger partial charge in [0.2, 0.25) is 0 Å². The number of carbonyl (C=O) groups is 1. The number of fused-ring (bicyclic) bond motifs is 1. The van der Waals surface area contributed by atoms with Crippen LogP contribution in [0.25, 0.3) is 0 Å². The van der Waals surface area contributed by atoms with E-state index in [1.807, 2.05) is 12.2 Å². The van der Waals surface area contributed by atoms with Crippen LogP contribution in [0, 0.1) is 0 Å². The van der Waals surface area contributed by atoms with Crippen LogP contribution in [-0.4, -0.2) is 26.8 Å². The molecule has 1 aliphatic heterocycles. The van der Waals surface area contributed by atoms with Crippen LogP contribution in [0.1, 0.15) is 15.9 Å². The van der Waals surface area contributed by atoms with Gasteiger partial charge in [-0.05, 0) is 18.6 Å². The highest BCUT2D eigenvalue weighted by atomic mass is 16.5. The lowest BCUT2D eigenvalue weighted by Crippen LogP contribution is -2.08. The minimum absolute atomic E-state index is 0.397. The molecule has 0 aliphatic carbocycles. The highest BCUT2D eigenvalue weighted by Gasteiger charge is 2.20. The second-order valence-corrected chi connectivity index (χ2v) is 3.60. The number of rotatable bonds is 2. The third-order valence-corrected chi connectivity index (χ3v) is 2.66. The highest BCUT2D eigenvalue weighted by molar-refractivity contribution is 5.93. The maximum absolute atomic E-state index is 11.6. The molecule has 0 saturated heterocycles. The summed E-state index contributed by atoms with van der Waals surface area (Å²) in [6.07, 6.45) is 4.60. The Morgan fingerprint density at radius 3 is 2.82 bits per heavy atom. The van der Waals surface area contributed by atoms with E-state index in [9.17, 15) is 4.79 Å². The molecule has 0 spiro atoms. The monoisotopic (exact) mass is 234 g/mol. The number of benzene rings is 1. The fourth-order valence-corrected chi connectivity index (χ4v) is 1.83. The van der Waals surface area contributed by atoms with Gasteiger partial charge in [0, 0.05) is 5.56 Å². The van der Waals surface area contributed by atoms with E-state index in [2.05, 4.69) is 0 Å². The zero-order chi connectivity index (χ0) is 12.3. The van der Waals surface area contributed by atoms with Crippen LogP contribution < -0.4 is 9.47 Å². The van der Waals surface area contributed by atoms with Crippen LogP contribution in [0.2, 0.25) is 0 Å². The van der Waals surface area contributed by atoms with E-state index in [4.69, 9.17) is 14.2 Å². The Labute approximate surface area is 99.8 Å². The molecule has 2 rings (SSSR count). The predicted molar refractivity (Wildman–Crippen MR) is 62.7 cm³/mol. The molecule has 4 heteroatoms. The van der Waals surface area contributed by atoms with Gasteiger partial charge in [0.25, 0.3) is 0 Å². The first-order chi connectivity index (χ1) is 8.27. The Bertz CT molecular complexity index is 463. The number of hydrogen-bond donors (Lipinski definition) is 0. The van der Waals surface area contributed by atoms with Gasteiger partial charge in [0.1, 0.15) is 23.7 Å². The number of allylic oxidation sites excluding steroid dienone is 1. The lowest BCUT2D eigenvalue weighted by molar-refractivity contribution is 0.0596. The molecule has 1 aliphatic rings. The lowest BCUT2D eigenvalue weighted by Gasteiger charge is -2.14. The van der Waals surface area contributed by atoms with Crippen LogP contribution in [0.3, 0.4) is 0 Å². The maximum Gasteiger partial charge on any atom is 0.341 e. The van der Waals surface area contributed by atoms with E-state index < -0.39 is 5.97 Å². The third kappa shape index (κ3) is 2.11. The summed E-state index contributed by atoms with van der Waals surface area (Å²) in [5.41, 5.74) is 1.32. The number of carbonyl (C=O) groups excluding carboxylic acids is 1. The number of hydrogen-bond acceptors (Lipinski definition) is 4. The predicted octanol–water partition coefficient (Wildman–Crippen LogP) is 1.97. The number of methoxy groups -OCH3 is 2. The van der Waals surface area contributed by atoms with Gasteiger partial charge in [0.05, 0.1) is 14.2 Å². The van der Waals surface area contributed by atoms with Crippen molar-refractivity contribution in [1.82, 2.24) is 0 Å². The van der Waals surface area contributed by atoms with Crippen molar-refractivity contribution in [3.8, 4) is 11.5 Å². The van der Waals surface area contributed by atoms with Gasteiger partial charge in [0.15, 0.2) is 0 Å². The van der Waals surface area contributed by atoms with Crippen LogP contribution in [0.15, 0.2) is 24.3 Å². The van der Waals surface area contributed by atoms with Crippen LogP contribution in [-0.2, 0) is 11.2 Å². The smallest absolute Gasteiger partial charge is 0.341 e. The van der Waals surface area contributed by atoms with Crippen LogP contribution in [0.4, 0.5) is 0 Å². The Kier molecular flexibility index (Phi) is 3.32. The molecule has 0 fully saturated rings. The van der Waals surface area contributed by atoms with E-state index >= 15 is 0 Å². The molecule has 1 heterocycles. The minimum Gasteiger partial charge on any atom is -0.496 e. The summed E-state index contributed by atoms with van der Waals surface area (Å²) in [6, 6.07) is 3.42. The summed E-state index contributed by atoms with van der Waals surface area (Å²) in [5, 5.41) is 0. The number of esters is 1. The SMILES string of the molecule is COC(=O)c1ccc(OC)c2c1OCC=CC2. The van der Waals surface area contributed by atoms with Crippen LogP contribution >= 0.6 is 0 Å². The van der Waals surface area contributed by atoms with E-state index in [0.29, 0.717) is 24.3 Å². The van der Waals surface area contributed by atoms with Gasteiger partial charge in [-0.1, -0.05) is 12.2 Å². The summed E-state index contributed by atoms with van der Waals surface area (Å²) in [7, 11) is 2.95. The third-order valence-electron chi connectivity index (χ3n) is 2.66. The quantitative estimate of drug-likeness (QED) is 0.579. The molecule has 0 amide bonds. The van der Waals surface area contributed by atoms with Crippen molar-refractivity contribution in [3.05, 3.63) is 35.4 Å². The van der Waals surface area contributed by atoms with Gasteiger partial charge < -0.3 is 14.2 Å². The first kappa shape index (κ1) is 11.5. The van der Waals surface area contributed by atoms with Gasteiger partial charge in [-0.15, -0.1) is 0 Å². The second-order valence-electron chi connectivity index (χ2n) is 3.60. The first-order valence-electron chi connectivity index (χ1n) is 5.34. The zero-order valence-electron chi connectivity index (χ0n) is 9.86. The van der Waals surface area contributed by atoms with Crippen molar-refractivity contribution in [1.29, 1.82) is 0 Å². The fraction of sp³-hybridized carbons (Fsp3) is 0.308. The number of ether oxygens (including phenoxy) is 3. The van der Waals surface area contributed by atoms with Crippen molar-refractivity contribution in [2.75, 3.05) is 20.8 Å². The summed E-state index contributed by atoms with van der Waals surface area (Å²) < 4.78 is 15.6. The molecule has 1 aromatic carbocycles. The molecule has 0 atom stereocenters. The molecule has 0 N–H and O–H groups in total. The molecular weight excluding hydrogens is 220 g/mol. The van der Waals surface area contributed by atoms with E-state index in [-0.39, 0.29) is 0 Å². The highest BCUT2D eigenvalue weighted by Crippen LogP contribution is 2.34. The van der Waals surface area contributed by atoms with E-state index in [1.165, 1.54) is 7.11 Å². The molecule has 0 unspecified atom stereocenters. The minimum atomic E-state index is -0.397. The second kappa shape index (κ2) is 4.91. The Balaban J connectivity index is 2.55. The van der Waals surface area contributed by atoms with Crippen LogP contribution in [0.5, 0.6) is 11.5 Å². The molecule has 0 aromatic heterocycles. The Hall–Kier alpha value is -1.97. The van der Waals surface area contributed by atoms with Crippen molar-refractivity contribution >= 4 is 5.97 Å². The summed E-state index contributed by atoms with van der Waals surface area (Å²) in [6.45, 7) is 0.449.